The van der Waals surface area contributed by atoms with Gasteiger partial charge in [-0.15, -0.1) is 0 Å². The van der Waals surface area contributed by atoms with Gasteiger partial charge < -0.3 is 10.2 Å². The minimum Gasteiger partial charge on any atom is -0.494 e. The molecule has 0 radical (unpaired) electrons. The second-order valence-corrected chi connectivity index (χ2v) is 9.41. The van der Waals surface area contributed by atoms with Crippen LogP contribution in [0.3, 0.4) is 0 Å². The summed E-state index contributed by atoms with van der Waals surface area (Å²) >= 11 is 0. The predicted molar refractivity (Wildman–Crippen MR) is 135 cm³/mol. The topological polar surface area (TPSA) is 45.4 Å². The van der Waals surface area contributed by atoms with Crippen molar-refractivity contribution in [3.8, 4) is 11.8 Å². The molecule has 0 fully saturated rings. The molecular weight excluding hydrogens is 382 g/mol. The lowest BCUT2D eigenvalue weighted by atomic mass is 9.98. The number of aromatic hydroxyl groups is 2. The van der Waals surface area contributed by atoms with Gasteiger partial charge in [0, 0.05) is 12.1 Å². The van der Waals surface area contributed by atoms with Gasteiger partial charge in [-0.3, -0.25) is 4.57 Å². The standard InChI is InChI=1S/C28H51NO2/c1-4-6-8-10-12-13-14-16-17-19-21-25(3)26(29-27(30)23-24-28(29)31)22-20-18-15-11-9-7-5-2/h21,23-24,26,30-31H,4-20,22H2,1-3H3. The molecule has 1 unspecified atom stereocenters. The van der Waals surface area contributed by atoms with Gasteiger partial charge in [-0.25, -0.2) is 0 Å². The van der Waals surface area contributed by atoms with Crippen molar-refractivity contribution in [3.63, 3.8) is 0 Å². The van der Waals surface area contributed by atoms with Crippen molar-refractivity contribution < 1.29 is 10.2 Å². The molecule has 2 N–H and O–H groups in total. The van der Waals surface area contributed by atoms with Crippen LogP contribution in [0.2, 0.25) is 0 Å². The third-order valence-corrected chi connectivity index (χ3v) is 6.57. The zero-order chi connectivity index (χ0) is 22.7. The van der Waals surface area contributed by atoms with Crippen molar-refractivity contribution in [1.82, 2.24) is 4.57 Å². The zero-order valence-electron chi connectivity index (χ0n) is 20.9. The molecule has 1 aromatic rings. The Bertz CT molecular complexity index is 556. The van der Waals surface area contributed by atoms with Crippen molar-refractivity contribution in [1.29, 1.82) is 0 Å². The van der Waals surface area contributed by atoms with E-state index in [2.05, 4.69) is 26.8 Å². The smallest absolute Gasteiger partial charge is 0.194 e. The number of hydrogen-bond donors (Lipinski definition) is 2. The van der Waals surface area contributed by atoms with Crippen LogP contribution >= 0.6 is 0 Å². The van der Waals surface area contributed by atoms with Gasteiger partial charge in [0.25, 0.3) is 0 Å². The average molecular weight is 434 g/mol. The second-order valence-electron chi connectivity index (χ2n) is 9.41. The normalized spacial score (nSPS) is 13.1. The summed E-state index contributed by atoms with van der Waals surface area (Å²) in [5.74, 6) is 0.336. The highest BCUT2D eigenvalue weighted by Crippen LogP contribution is 2.34. The van der Waals surface area contributed by atoms with Crippen molar-refractivity contribution in [3.05, 3.63) is 23.8 Å². The van der Waals surface area contributed by atoms with E-state index in [0.717, 1.165) is 19.3 Å². The van der Waals surface area contributed by atoms with Gasteiger partial charge in [0.1, 0.15) is 0 Å². The highest BCUT2D eigenvalue weighted by molar-refractivity contribution is 5.28. The van der Waals surface area contributed by atoms with Gasteiger partial charge in [0.2, 0.25) is 0 Å². The molecule has 1 heterocycles. The molecule has 0 saturated carbocycles. The molecule has 0 amide bonds. The largest absolute Gasteiger partial charge is 0.494 e. The van der Waals surface area contributed by atoms with Crippen LogP contribution in [0.25, 0.3) is 0 Å². The Morgan fingerprint density at radius 3 is 1.61 bits per heavy atom. The van der Waals surface area contributed by atoms with Crippen molar-refractivity contribution in [2.24, 2.45) is 0 Å². The van der Waals surface area contributed by atoms with Crippen LogP contribution in [0.15, 0.2) is 23.8 Å². The molecule has 3 nitrogen and oxygen atoms in total. The summed E-state index contributed by atoms with van der Waals surface area (Å²) in [4.78, 5) is 0. The number of rotatable bonds is 20. The van der Waals surface area contributed by atoms with E-state index in [9.17, 15) is 10.2 Å². The Labute approximate surface area is 193 Å². The van der Waals surface area contributed by atoms with E-state index >= 15 is 0 Å². The van der Waals surface area contributed by atoms with Crippen molar-refractivity contribution in [2.75, 3.05) is 0 Å². The van der Waals surface area contributed by atoms with Crippen molar-refractivity contribution >= 4 is 0 Å². The molecule has 0 aliphatic carbocycles. The molecule has 1 rings (SSSR count). The predicted octanol–water partition coefficient (Wildman–Crippen LogP) is 9.45. The zero-order valence-corrected chi connectivity index (χ0v) is 20.9. The lowest BCUT2D eigenvalue weighted by Gasteiger charge is -2.22. The van der Waals surface area contributed by atoms with E-state index < -0.39 is 0 Å². The van der Waals surface area contributed by atoms with Gasteiger partial charge in [-0.05, 0) is 26.2 Å². The first kappa shape index (κ1) is 27.7. The summed E-state index contributed by atoms with van der Waals surface area (Å²) in [7, 11) is 0. The van der Waals surface area contributed by atoms with E-state index in [1.807, 2.05) is 0 Å². The Kier molecular flexibility index (Phi) is 16.3. The van der Waals surface area contributed by atoms with E-state index in [1.54, 1.807) is 16.7 Å². The number of nitrogens with zero attached hydrogens (tertiary/aromatic N) is 1. The monoisotopic (exact) mass is 433 g/mol. The van der Waals surface area contributed by atoms with Crippen LogP contribution < -0.4 is 0 Å². The fourth-order valence-corrected chi connectivity index (χ4v) is 4.52. The fraction of sp³-hybridized carbons (Fsp3) is 0.786. The summed E-state index contributed by atoms with van der Waals surface area (Å²) < 4.78 is 1.71. The van der Waals surface area contributed by atoms with Gasteiger partial charge in [0.05, 0.1) is 6.04 Å². The number of unbranched alkanes of at least 4 members (excludes halogenated alkanes) is 15. The van der Waals surface area contributed by atoms with Gasteiger partial charge in [-0.2, -0.15) is 0 Å². The molecule has 0 aromatic carbocycles. The van der Waals surface area contributed by atoms with Gasteiger partial charge in [0.15, 0.2) is 11.8 Å². The Hall–Kier alpha value is -1.38. The van der Waals surface area contributed by atoms with Crippen LogP contribution in [-0.4, -0.2) is 14.8 Å². The van der Waals surface area contributed by atoms with E-state index in [-0.39, 0.29) is 17.8 Å². The highest BCUT2D eigenvalue weighted by atomic mass is 16.3. The molecule has 3 heteroatoms. The summed E-state index contributed by atoms with van der Waals surface area (Å²) in [6.07, 6.45) is 25.5. The van der Waals surface area contributed by atoms with Crippen LogP contribution in [0, 0.1) is 0 Å². The molecular formula is C28H51NO2. The summed E-state index contributed by atoms with van der Waals surface area (Å²) in [6.45, 7) is 6.69. The second kappa shape index (κ2) is 18.2. The van der Waals surface area contributed by atoms with Crippen LogP contribution in [-0.2, 0) is 0 Å². The molecule has 0 spiro atoms. The fourth-order valence-electron chi connectivity index (χ4n) is 4.52. The first-order valence-corrected chi connectivity index (χ1v) is 13.4. The SMILES string of the molecule is CCCCCCCCCCCC=C(C)C(CCCCCCCCC)n1c(O)ccc1O. The summed E-state index contributed by atoms with van der Waals surface area (Å²) in [6, 6.07) is 3.26. The summed E-state index contributed by atoms with van der Waals surface area (Å²) in [5, 5.41) is 20.5. The number of aromatic nitrogens is 1. The molecule has 0 saturated heterocycles. The highest BCUT2D eigenvalue weighted by Gasteiger charge is 2.19. The molecule has 0 bridgehead atoms. The third-order valence-electron chi connectivity index (χ3n) is 6.57. The quantitative estimate of drug-likeness (QED) is 0.159. The first-order chi connectivity index (χ1) is 15.1. The number of hydrogen-bond acceptors (Lipinski definition) is 2. The maximum atomic E-state index is 10.3. The Morgan fingerprint density at radius 2 is 1.13 bits per heavy atom. The molecule has 0 aliphatic heterocycles. The van der Waals surface area contributed by atoms with Crippen LogP contribution in [0.1, 0.15) is 142 Å². The minimum atomic E-state index is 0.0595. The average Bonchev–Trinajstić information content (AvgIpc) is 3.09. The maximum Gasteiger partial charge on any atom is 0.194 e. The van der Waals surface area contributed by atoms with Gasteiger partial charge >= 0.3 is 0 Å². The van der Waals surface area contributed by atoms with Crippen LogP contribution in [0.5, 0.6) is 11.8 Å². The maximum absolute atomic E-state index is 10.3. The molecule has 0 aliphatic rings. The first-order valence-electron chi connectivity index (χ1n) is 13.4. The van der Waals surface area contributed by atoms with E-state index in [1.165, 1.54) is 102 Å². The molecule has 1 aromatic heterocycles. The Balaban J connectivity index is 2.41. The molecule has 1 atom stereocenters. The van der Waals surface area contributed by atoms with Gasteiger partial charge in [-0.1, -0.05) is 122 Å². The molecule has 31 heavy (non-hydrogen) atoms. The minimum absolute atomic E-state index is 0.0595. The summed E-state index contributed by atoms with van der Waals surface area (Å²) in [5.41, 5.74) is 1.27. The lowest BCUT2D eigenvalue weighted by molar-refractivity contribution is 0.336. The van der Waals surface area contributed by atoms with E-state index in [0.29, 0.717) is 0 Å². The lowest BCUT2D eigenvalue weighted by Crippen LogP contribution is -2.10. The van der Waals surface area contributed by atoms with E-state index in [4.69, 9.17) is 0 Å². The third kappa shape index (κ3) is 12.3. The Morgan fingerprint density at radius 1 is 0.710 bits per heavy atom. The number of allylic oxidation sites excluding steroid dienone is 2. The van der Waals surface area contributed by atoms with Crippen LogP contribution in [0.4, 0.5) is 0 Å². The van der Waals surface area contributed by atoms with Crippen molar-refractivity contribution in [2.45, 2.75) is 142 Å². The molecule has 180 valence electrons.